The minimum absolute atomic E-state index is 0.0555. The molecule has 1 aliphatic rings. The SMILES string of the molecule is CN(C(=O)c1cccc(N2CCCS2(=O)=O)c1)c1c(N)n(Cc2ccccc2)c(=O)[nH]c1=O. The predicted molar refractivity (Wildman–Crippen MR) is 126 cm³/mol. The lowest BCUT2D eigenvalue weighted by molar-refractivity contribution is 0.0992. The number of nitrogens with zero attached hydrogens (tertiary/aromatic N) is 3. The number of amides is 1. The molecule has 10 nitrogen and oxygen atoms in total. The van der Waals surface area contributed by atoms with Crippen molar-refractivity contribution in [2.75, 3.05) is 34.3 Å². The summed E-state index contributed by atoms with van der Waals surface area (Å²) in [5, 5.41) is 0. The van der Waals surface area contributed by atoms with E-state index < -0.39 is 27.2 Å². The Balaban J connectivity index is 1.70. The van der Waals surface area contributed by atoms with Gasteiger partial charge in [0, 0.05) is 19.2 Å². The van der Waals surface area contributed by atoms with Gasteiger partial charge in [0.25, 0.3) is 11.5 Å². The van der Waals surface area contributed by atoms with Crippen LogP contribution in [0.1, 0.15) is 22.3 Å². The quantitative estimate of drug-likeness (QED) is 0.571. The monoisotopic (exact) mass is 469 g/mol. The highest BCUT2D eigenvalue weighted by molar-refractivity contribution is 7.93. The van der Waals surface area contributed by atoms with Gasteiger partial charge in [0.2, 0.25) is 10.0 Å². The van der Waals surface area contributed by atoms with Crippen LogP contribution in [0.15, 0.2) is 64.2 Å². The first kappa shape index (κ1) is 22.3. The fourth-order valence-corrected chi connectivity index (χ4v) is 5.40. The van der Waals surface area contributed by atoms with Crippen LogP contribution < -0.4 is 26.2 Å². The van der Waals surface area contributed by atoms with Crippen LogP contribution in [0.2, 0.25) is 0 Å². The molecule has 0 radical (unpaired) electrons. The first-order chi connectivity index (χ1) is 15.7. The summed E-state index contributed by atoms with van der Waals surface area (Å²) in [6, 6.07) is 15.3. The van der Waals surface area contributed by atoms with Crippen LogP contribution in [-0.2, 0) is 16.6 Å². The van der Waals surface area contributed by atoms with E-state index in [1.165, 1.54) is 28.1 Å². The number of anilines is 3. The normalized spacial score (nSPS) is 14.9. The number of hydrogen-bond donors (Lipinski definition) is 2. The maximum Gasteiger partial charge on any atom is 0.330 e. The van der Waals surface area contributed by atoms with Crippen LogP contribution >= 0.6 is 0 Å². The summed E-state index contributed by atoms with van der Waals surface area (Å²) in [5.41, 5.74) is 5.87. The summed E-state index contributed by atoms with van der Waals surface area (Å²) in [6.07, 6.45) is 0.509. The van der Waals surface area contributed by atoms with Crippen LogP contribution in [0.3, 0.4) is 0 Å². The first-order valence-electron chi connectivity index (χ1n) is 10.2. The van der Waals surface area contributed by atoms with Crippen molar-refractivity contribution < 1.29 is 13.2 Å². The van der Waals surface area contributed by atoms with Crippen molar-refractivity contribution in [2.45, 2.75) is 13.0 Å². The van der Waals surface area contributed by atoms with Crippen LogP contribution in [0.4, 0.5) is 17.2 Å². The van der Waals surface area contributed by atoms with Gasteiger partial charge >= 0.3 is 5.69 Å². The molecule has 172 valence electrons. The Bertz CT molecular complexity index is 1430. The van der Waals surface area contributed by atoms with E-state index in [4.69, 9.17) is 5.73 Å². The molecule has 0 aliphatic carbocycles. The molecule has 0 saturated carbocycles. The topological polar surface area (TPSA) is 139 Å². The zero-order valence-corrected chi connectivity index (χ0v) is 18.7. The van der Waals surface area contributed by atoms with Gasteiger partial charge in [-0.15, -0.1) is 0 Å². The maximum absolute atomic E-state index is 13.2. The summed E-state index contributed by atoms with van der Waals surface area (Å²) in [5.74, 6) is -0.669. The third-order valence-electron chi connectivity index (χ3n) is 5.52. The van der Waals surface area contributed by atoms with Crippen molar-refractivity contribution in [1.29, 1.82) is 0 Å². The van der Waals surface area contributed by atoms with Gasteiger partial charge in [0.15, 0.2) is 5.69 Å². The molecule has 0 bridgehead atoms. The van der Waals surface area contributed by atoms with Crippen LogP contribution in [0.25, 0.3) is 0 Å². The number of aromatic amines is 1. The standard InChI is InChI=1S/C22H23N5O5S/c1-25(21(29)16-9-5-10-17(13-16)27-11-6-12-33(27,31)32)18-19(23)26(22(30)24-20(18)28)14-15-7-3-2-4-8-15/h2-5,7-10,13H,6,11-12,14,23H2,1H3,(H,24,28,30). The molecule has 0 atom stereocenters. The van der Waals surface area contributed by atoms with Crippen molar-refractivity contribution in [3.8, 4) is 0 Å². The van der Waals surface area contributed by atoms with Gasteiger partial charge in [-0.3, -0.25) is 23.4 Å². The molecule has 2 aromatic carbocycles. The zero-order chi connectivity index (χ0) is 23.8. The third-order valence-corrected chi connectivity index (χ3v) is 7.39. The van der Waals surface area contributed by atoms with E-state index in [0.717, 1.165) is 10.5 Å². The molecular formula is C22H23N5O5S. The van der Waals surface area contributed by atoms with Crippen molar-refractivity contribution in [2.24, 2.45) is 0 Å². The average Bonchev–Trinajstić information content (AvgIpc) is 3.15. The van der Waals surface area contributed by atoms with Gasteiger partial charge < -0.3 is 10.6 Å². The van der Waals surface area contributed by atoms with E-state index in [1.54, 1.807) is 12.1 Å². The molecule has 1 aliphatic heterocycles. The molecule has 3 N–H and O–H groups in total. The second kappa shape index (κ2) is 8.58. The number of rotatable bonds is 5. The second-order valence-corrected chi connectivity index (χ2v) is 9.73. The molecule has 2 heterocycles. The molecular weight excluding hydrogens is 446 g/mol. The summed E-state index contributed by atoms with van der Waals surface area (Å²) in [7, 11) is -2.04. The molecule has 0 spiro atoms. The first-order valence-corrected chi connectivity index (χ1v) is 11.8. The number of nitrogen functional groups attached to an aromatic ring is 1. The van der Waals surface area contributed by atoms with E-state index in [0.29, 0.717) is 18.7 Å². The number of carbonyl (C=O) groups excluding carboxylic acids is 1. The van der Waals surface area contributed by atoms with E-state index in [2.05, 4.69) is 4.98 Å². The lowest BCUT2D eigenvalue weighted by Gasteiger charge is -2.22. The van der Waals surface area contributed by atoms with E-state index >= 15 is 0 Å². The average molecular weight is 470 g/mol. The molecule has 3 aromatic rings. The number of nitrogens with two attached hydrogens (primary N) is 1. The fourth-order valence-electron chi connectivity index (χ4n) is 3.84. The largest absolute Gasteiger partial charge is 0.383 e. The number of H-pyrrole nitrogens is 1. The Morgan fingerprint density at radius 3 is 2.52 bits per heavy atom. The molecule has 33 heavy (non-hydrogen) atoms. The summed E-state index contributed by atoms with van der Waals surface area (Å²) < 4.78 is 26.9. The molecule has 4 rings (SSSR count). The molecule has 1 saturated heterocycles. The lowest BCUT2D eigenvalue weighted by Crippen LogP contribution is -2.39. The van der Waals surface area contributed by atoms with Gasteiger partial charge in [-0.2, -0.15) is 0 Å². The summed E-state index contributed by atoms with van der Waals surface area (Å²) in [4.78, 5) is 41.4. The third kappa shape index (κ3) is 4.27. The van der Waals surface area contributed by atoms with Gasteiger partial charge in [-0.05, 0) is 30.2 Å². The Labute approximate surface area is 189 Å². The molecule has 11 heteroatoms. The number of sulfonamides is 1. The smallest absolute Gasteiger partial charge is 0.330 e. The molecule has 1 fully saturated rings. The number of nitrogens with one attached hydrogen (secondary N) is 1. The van der Waals surface area contributed by atoms with Crippen LogP contribution in [0, 0.1) is 0 Å². The second-order valence-electron chi connectivity index (χ2n) is 7.72. The van der Waals surface area contributed by atoms with Crippen LogP contribution in [0.5, 0.6) is 0 Å². The minimum Gasteiger partial charge on any atom is -0.383 e. The van der Waals surface area contributed by atoms with E-state index in [1.807, 2.05) is 30.3 Å². The number of aromatic nitrogens is 2. The molecule has 1 amide bonds. The fraction of sp³-hybridized carbons (Fsp3) is 0.227. The number of benzene rings is 2. The van der Waals surface area contributed by atoms with Gasteiger partial charge in [-0.1, -0.05) is 36.4 Å². The predicted octanol–water partition coefficient (Wildman–Crippen LogP) is 0.984. The van der Waals surface area contributed by atoms with Gasteiger partial charge in [-0.25, -0.2) is 13.2 Å². The Hall–Kier alpha value is -3.86. The molecule has 0 unspecified atom stereocenters. The summed E-state index contributed by atoms with van der Waals surface area (Å²) >= 11 is 0. The van der Waals surface area contributed by atoms with E-state index in [9.17, 15) is 22.8 Å². The lowest BCUT2D eigenvalue weighted by atomic mass is 10.1. The highest BCUT2D eigenvalue weighted by atomic mass is 32.2. The highest BCUT2D eigenvalue weighted by Gasteiger charge is 2.29. The maximum atomic E-state index is 13.2. The summed E-state index contributed by atoms with van der Waals surface area (Å²) in [6.45, 7) is 0.451. The van der Waals surface area contributed by atoms with Crippen LogP contribution in [-0.4, -0.2) is 43.2 Å². The van der Waals surface area contributed by atoms with Crippen molar-refractivity contribution in [3.05, 3.63) is 86.6 Å². The minimum atomic E-state index is -3.41. The Morgan fingerprint density at radius 2 is 1.85 bits per heavy atom. The van der Waals surface area contributed by atoms with E-state index in [-0.39, 0.29) is 29.4 Å². The Morgan fingerprint density at radius 1 is 1.12 bits per heavy atom. The highest BCUT2D eigenvalue weighted by Crippen LogP contribution is 2.26. The zero-order valence-electron chi connectivity index (χ0n) is 17.9. The molecule has 1 aromatic heterocycles. The van der Waals surface area contributed by atoms with Gasteiger partial charge in [0.05, 0.1) is 18.0 Å². The number of hydrogen-bond acceptors (Lipinski definition) is 6. The number of carbonyl (C=O) groups is 1. The van der Waals surface area contributed by atoms with Crippen molar-refractivity contribution >= 4 is 33.1 Å². The van der Waals surface area contributed by atoms with Crippen molar-refractivity contribution in [3.63, 3.8) is 0 Å². The Kier molecular flexibility index (Phi) is 5.81. The van der Waals surface area contributed by atoms with Gasteiger partial charge in [0.1, 0.15) is 5.82 Å². The van der Waals surface area contributed by atoms with Crippen molar-refractivity contribution in [1.82, 2.24) is 9.55 Å².